The summed E-state index contributed by atoms with van der Waals surface area (Å²) in [6.07, 6.45) is 2.97. The summed E-state index contributed by atoms with van der Waals surface area (Å²) in [6, 6.07) is 8.51. The topological polar surface area (TPSA) is 29.9 Å². The van der Waals surface area contributed by atoms with Crippen LogP contribution in [0.25, 0.3) is 0 Å². The molecule has 0 aliphatic carbocycles. The molecule has 5 heteroatoms. The maximum absolute atomic E-state index is 4.39. The Bertz CT molecular complexity index is 566. The van der Waals surface area contributed by atoms with Crippen molar-refractivity contribution in [2.75, 3.05) is 6.54 Å². The minimum atomic E-state index is 0.143. The number of halogens is 2. The Morgan fingerprint density at radius 2 is 2.05 bits per heavy atom. The van der Waals surface area contributed by atoms with Crippen LogP contribution in [0.5, 0.6) is 0 Å². The fourth-order valence-corrected chi connectivity index (χ4v) is 3.11. The maximum Gasteiger partial charge on any atom is 0.0759 e. The van der Waals surface area contributed by atoms with Crippen LogP contribution in [0.2, 0.25) is 0 Å². The minimum Gasteiger partial charge on any atom is -0.305 e. The Balaban J connectivity index is 2.44. The van der Waals surface area contributed by atoms with Crippen LogP contribution in [0, 0.1) is 0 Å². The lowest BCUT2D eigenvalue weighted by Gasteiger charge is -2.21. The first kappa shape index (κ1) is 15.7. The summed E-state index contributed by atoms with van der Waals surface area (Å²) >= 11 is 7.23. The van der Waals surface area contributed by atoms with Crippen molar-refractivity contribution in [2.24, 2.45) is 0 Å². The molecule has 0 aliphatic heterocycles. The molecule has 1 unspecified atom stereocenters. The number of nitrogens with zero attached hydrogens (tertiary/aromatic N) is 2. The normalized spacial score (nSPS) is 12.6. The molecule has 1 aromatic carbocycles. The van der Waals surface area contributed by atoms with Crippen molar-refractivity contribution in [1.29, 1.82) is 0 Å². The van der Waals surface area contributed by atoms with Gasteiger partial charge in [0.15, 0.2) is 0 Å². The van der Waals surface area contributed by atoms with Gasteiger partial charge < -0.3 is 5.32 Å². The van der Waals surface area contributed by atoms with Gasteiger partial charge in [0.05, 0.1) is 11.7 Å². The number of aromatic nitrogens is 2. The number of hydrogen-bond acceptors (Lipinski definition) is 2. The molecule has 0 saturated heterocycles. The van der Waals surface area contributed by atoms with Gasteiger partial charge in [-0.25, -0.2) is 0 Å². The molecule has 1 heterocycles. The largest absolute Gasteiger partial charge is 0.305 e. The first-order valence-corrected chi connectivity index (χ1v) is 8.46. The van der Waals surface area contributed by atoms with Gasteiger partial charge in [-0.1, -0.05) is 38.8 Å². The highest BCUT2D eigenvalue weighted by Gasteiger charge is 2.19. The van der Waals surface area contributed by atoms with E-state index in [0.717, 1.165) is 28.5 Å². The van der Waals surface area contributed by atoms with Crippen LogP contribution in [0.1, 0.15) is 37.6 Å². The first-order chi connectivity index (χ1) is 9.67. The monoisotopic (exact) mass is 399 g/mol. The van der Waals surface area contributed by atoms with Crippen molar-refractivity contribution in [2.45, 2.75) is 32.9 Å². The summed E-state index contributed by atoms with van der Waals surface area (Å²) in [5.41, 5.74) is 2.42. The van der Waals surface area contributed by atoms with Gasteiger partial charge in [0.2, 0.25) is 0 Å². The van der Waals surface area contributed by atoms with E-state index in [1.54, 1.807) is 0 Å². The van der Waals surface area contributed by atoms with E-state index in [0.29, 0.717) is 0 Å². The van der Waals surface area contributed by atoms with E-state index in [9.17, 15) is 0 Å². The van der Waals surface area contributed by atoms with Gasteiger partial charge in [0.25, 0.3) is 0 Å². The highest BCUT2D eigenvalue weighted by Crippen LogP contribution is 2.31. The van der Waals surface area contributed by atoms with Crippen molar-refractivity contribution in [3.63, 3.8) is 0 Å². The summed E-state index contributed by atoms with van der Waals surface area (Å²) in [6.45, 7) is 6.14. The van der Waals surface area contributed by atoms with E-state index in [1.165, 1.54) is 11.3 Å². The van der Waals surface area contributed by atoms with Crippen LogP contribution in [0.15, 0.2) is 39.4 Å². The third-order valence-corrected chi connectivity index (χ3v) is 4.43. The van der Waals surface area contributed by atoms with Gasteiger partial charge in [0.1, 0.15) is 0 Å². The van der Waals surface area contributed by atoms with Crippen molar-refractivity contribution in [1.82, 2.24) is 15.1 Å². The number of aryl methyl sites for hydroxylation is 1. The lowest BCUT2D eigenvalue weighted by Crippen LogP contribution is -2.26. The molecular weight excluding hydrogens is 382 g/mol. The Morgan fingerprint density at radius 1 is 1.25 bits per heavy atom. The van der Waals surface area contributed by atoms with Crippen molar-refractivity contribution < 1.29 is 0 Å². The van der Waals surface area contributed by atoms with Crippen molar-refractivity contribution in [3.8, 4) is 0 Å². The summed E-state index contributed by atoms with van der Waals surface area (Å²) in [4.78, 5) is 0. The lowest BCUT2D eigenvalue weighted by atomic mass is 10.0. The summed E-state index contributed by atoms with van der Waals surface area (Å²) < 4.78 is 4.24. The number of rotatable bonds is 6. The number of hydrogen-bond donors (Lipinski definition) is 1. The fraction of sp³-hybridized carbons (Fsp3) is 0.400. The molecule has 20 heavy (non-hydrogen) atoms. The van der Waals surface area contributed by atoms with Crippen LogP contribution in [0.3, 0.4) is 0 Å². The Labute approximate surface area is 137 Å². The molecule has 0 fully saturated rings. The average molecular weight is 401 g/mol. The van der Waals surface area contributed by atoms with Gasteiger partial charge in [-0.3, -0.25) is 4.68 Å². The second kappa shape index (κ2) is 7.38. The number of benzene rings is 1. The maximum atomic E-state index is 4.39. The second-order valence-corrected chi connectivity index (χ2v) is 6.39. The van der Waals surface area contributed by atoms with Crippen LogP contribution >= 0.6 is 31.9 Å². The van der Waals surface area contributed by atoms with E-state index in [4.69, 9.17) is 0 Å². The molecule has 0 radical (unpaired) electrons. The predicted octanol–water partition coefficient (Wildman–Crippen LogP) is 4.52. The van der Waals surface area contributed by atoms with E-state index in [-0.39, 0.29) is 6.04 Å². The highest BCUT2D eigenvalue weighted by molar-refractivity contribution is 9.11. The lowest BCUT2D eigenvalue weighted by molar-refractivity contribution is 0.528. The van der Waals surface area contributed by atoms with E-state index in [1.807, 2.05) is 16.9 Å². The molecule has 108 valence electrons. The third kappa shape index (κ3) is 3.51. The zero-order valence-corrected chi connectivity index (χ0v) is 14.9. The zero-order chi connectivity index (χ0) is 14.5. The summed E-state index contributed by atoms with van der Waals surface area (Å²) in [5.74, 6) is 0. The molecule has 2 aromatic rings. The van der Waals surface area contributed by atoms with Crippen molar-refractivity contribution >= 4 is 31.9 Å². The third-order valence-electron chi connectivity index (χ3n) is 3.21. The molecule has 0 aliphatic rings. The molecule has 0 amide bonds. The number of nitrogens with one attached hydrogen (secondary N) is 1. The molecule has 1 N–H and O–H groups in total. The van der Waals surface area contributed by atoms with Crippen LogP contribution in [-0.2, 0) is 6.54 Å². The van der Waals surface area contributed by atoms with Crippen LogP contribution < -0.4 is 5.32 Å². The Kier molecular flexibility index (Phi) is 5.81. The smallest absolute Gasteiger partial charge is 0.0759 e. The molecular formula is C15H19Br2N3. The highest BCUT2D eigenvalue weighted by atomic mass is 79.9. The molecule has 0 saturated carbocycles. The molecule has 2 rings (SSSR count). The summed E-state index contributed by atoms with van der Waals surface area (Å²) in [5, 5.41) is 8.01. The Hall–Kier alpha value is -0.650. The standard InChI is InChI=1S/C15H19Br2N3/c1-3-8-18-15(14-7-9-19-20(14)4-2)12-10-11(16)5-6-13(12)17/h5-7,9-10,15,18H,3-4,8H2,1-2H3. The Morgan fingerprint density at radius 3 is 2.75 bits per heavy atom. The molecule has 3 nitrogen and oxygen atoms in total. The molecule has 1 aromatic heterocycles. The van der Waals surface area contributed by atoms with Gasteiger partial charge in [-0.05, 0) is 49.7 Å². The van der Waals surface area contributed by atoms with Gasteiger partial charge in [-0.2, -0.15) is 5.10 Å². The van der Waals surface area contributed by atoms with Gasteiger partial charge in [-0.15, -0.1) is 0 Å². The van der Waals surface area contributed by atoms with E-state index < -0.39 is 0 Å². The quantitative estimate of drug-likeness (QED) is 0.772. The summed E-state index contributed by atoms with van der Waals surface area (Å²) in [7, 11) is 0. The second-order valence-electron chi connectivity index (χ2n) is 4.62. The van der Waals surface area contributed by atoms with Gasteiger partial charge in [0, 0.05) is 21.7 Å². The molecule has 1 atom stereocenters. The predicted molar refractivity (Wildman–Crippen MR) is 89.9 cm³/mol. The van der Waals surface area contributed by atoms with Crippen LogP contribution in [0.4, 0.5) is 0 Å². The van der Waals surface area contributed by atoms with Crippen molar-refractivity contribution in [3.05, 3.63) is 50.7 Å². The first-order valence-electron chi connectivity index (χ1n) is 6.87. The van der Waals surface area contributed by atoms with Crippen LogP contribution in [-0.4, -0.2) is 16.3 Å². The fourth-order valence-electron chi connectivity index (χ4n) is 2.25. The van der Waals surface area contributed by atoms with E-state index >= 15 is 0 Å². The van der Waals surface area contributed by atoms with E-state index in [2.05, 4.69) is 74.3 Å². The minimum absolute atomic E-state index is 0.143. The SMILES string of the molecule is CCCNC(c1cc(Br)ccc1Br)c1ccnn1CC. The van der Waals surface area contributed by atoms with Gasteiger partial charge >= 0.3 is 0 Å². The molecule has 0 spiro atoms. The average Bonchev–Trinajstić information content (AvgIpc) is 2.91. The zero-order valence-electron chi connectivity index (χ0n) is 11.7. The molecule has 0 bridgehead atoms.